The van der Waals surface area contributed by atoms with Crippen molar-refractivity contribution >= 4 is 22.9 Å². The molecule has 2 aliphatic rings. The van der Waals surface area contributed by atoms with Crippen LogP contribution < -0.4 is 0 Å². The lowest BCUT2D eigenvalue weighted by Crippen LogP contribution is -2.50. The average molecular weight is 424 g/mol. The Hall–Kier alpha value is -2.65. The second kappa shape index (κ2) is 7.55. The van der Waals surface area contributed by atoms with Gasteiger partial charge in [0.1, 0.15) is 6.04 Å². The van der Waals surface area contributed by atoms with Gasteiger partial charge in [-0.15, -0.1) is 0 Å². The number of alkyl halides is 3. The highest BCUT2D eigenvalue weighted by Gasteiger charge is 2.38. The first-order valence-electron chi connectivity index (χ1n) is 10.1. The third-order valence-corrected chi connectivity index (χ3v) is 6.03. The summed E-state index contributed by atoms with van der Waals surface area (Å²) >= 11 is 0. The SMILES string of the molecule is Cc1noc2nc(C3CCCN(C(=O)C(C)N4CCCC4=O)C3)cc(C(F)(F)F)c12. The molecule has 2 aliphatic heterocycles. The summed E-state index contributed by atoms with van der Waals surface area (Å²) in [7, 11) is 0. The van der Waals surface area contributed by atoms with Crippen molar-refractivity contribution < 1.29 is 27.3 Å². The Balaban J connectivity index is 1.60. The van der Waals surface area contributed by atoms with Gasteiger partial charge in [-0.3, -0.25) is 9.59 Å². The number of piperidine rings is 1. The van der Waals surface area contributed by atoms with Crippen molar-refractivity contribution in [1.82, 2.24) is 19.9 Å². The Kier molecular flexibility index (Phi) is 5.19. The van der Waals surface area contributed by atoms with E-state index in [2.05, 4.69) is 10.1 Å². The van der Waals surface area contributed by atoms with E-state index in [1.54, 1.807) is 16.7 Å². The van der Waals surface area contributed by atoms with Gasteiger partial charge in [0.2, 0.25) is 11.8 Å². The normalized spacial score (nSPS) is 21.5. The molecule has 0 radical (unpaired) electrons. The first kappa shape index (κ1) is 20.6. The van der Waals surface area contributed by atoms with Crippen molar-refractivity contribution in [3.05, 3.63) is 23.0 Å². The highest BCUT2D eigenvalue weighted by molar-refractivity contribution is 5.88. The first-order chi connectivity index (χ1) is 14.2. The zero-order chi connectivity index (χ0) is 21.6. The molecular formula is C20H23F3N4O3. The number of rotatable bonds is 3. The quantitative estimate of drug-likeness (QED) is 0.756. The molecule has 0 aliphatic carbocycles. The number of carbonyl (C=O) groups excluding carboxylic acids is 2. The van der Waals surface area contributed by atoms with Crippen molar-refractivity contribution in [1.29, 1.82) is 0 Å². The highest BCUT2D eigenvalue weighted by Crippen LogP contribution is 2.38. The number of carbonyl (C=O) groups is 2. The van der Waals surface area contributed by atoms with Gasteiger partial charge in [-0.2, -0.15) is 13.2 Å². The molecule has 0 spiro atoms. The average Bonchev–Trinajstić information content (AvgIpc) is 3.31. The summed E-state index contributed by atoms with van der Waals surface area (Å²) < 4.78 is 46.0. The van der Waals surface area contributed by atoms with Crippen LogP contribution in [0.5, 0.6) is 0 Å². The van der Waals surface area contributed by atoms with Crippen LogP contribution in [-0.2, 0) is 15.8 Å². The fraction of sp³-hybridized carbons (Fsp3) is 0.600. The molecule has 2 saturated heterocycles. The molecule has 0 bridgehead atoms. The number of hydrogen-bond donors (Lipinski definition) is 0. The van der Waals surface area contributed by atoms with Crippen LogP contribution in [0.15, 0.2) is 10.6 Å². The van der Waals surface area contributed by atoms with E-state index >= 15 is 0 Å². The van der Waals surface area contributed by atoms with Crippen LogP contribution in [0.1, 0.15) is 55.5 Å². The summed E-state index contributed by atoms with van der Waals surface area (Å²) in [5, 5.41) is 3.51. The van der Waals surface area contributed by atoms with Crippen LogP contribution in [0, 0.1) is 6.92 Å². The number of aromatic nitrogens is 2. The van der Waals surface area contributed by atoms with Crippen LogP contribution in [-0.4, -0.2) is 57.4 Å². The van der Waals surface area contributed by atoms with Crippen LogP contribution in [0.3, 0.4) is 0 Å². The largest absolute Gasteiger partial charge is 0.417 e. The van der Waals surface area contributed by atoms with Crippen LogP contribution in [0.4, 0.5) is 13.2 Å². The molecule has 0 saturated carbocycles. The van der Waals surface area contributed by atoms with E-state index in [0.29, 0.717) is 32.4 Å². The Morgan fingerprint density at radius 3 is 2.73 bits per heavy atom. The lowest BCUT2D eigenvalue weighted by atomic mass is 9.92. The Morgan fingerprint density at radius 2 is 2.07 bits per heavy atom. The van der Waals surface area contributed by atoms with E-state index in [-0.39, 0.29) is 46.8 Å². The van der Waals surface area contributed by atoms with Gasteiger partial charge in [0.25, 0.3) is 5.71 Å². The van der Waals surface area contributed by atoms with Gasteiger partial charge in [0.05, 0.1) is 22.3 Å². The summed E-state index contributed by atoms with van der Waals surface area (Å²) in [4.78, 5) is 32.4. The summed E-state index contributed by atoms with van der Waals surface area (Å²) in [6.07, 6.45) is -2.13. The summed E-state index contributed by atoms with van der Waals surface area (Å²) in [6.45, 7) is 4.48. The predicted molar refractivity (Wildman–Crippen MR) is 101 cm³/mol. The molecule has 2 atom stereocenters. The van der Waals surface area contributed by atoms with Gasteiger partial charge in [-0.05, 0) is 39.2 Å². The zero-order valence-electron chi connectivity index (χ0n) is 16.8. The Bertz CT molecular complexity index is 988. The maximum atomic E-state index is 13.6. The molecule has 4 rings (SSSR count). The van der Waals surface area contributed by atoms with Gasteiger partial charge in [0, 0.05) is 32.0 Å². The predicted octanol–water partition coefficient (Wildman–Crippen LogP) is 3.27. The van der Waals surface area contributed by atoms with Crippen molar-refractivity contribution in [2.24, 2.45) is 0 Å². The van der Waals surface area contributed by atoms with Gasteiger partial charge in [-0.1, -0.05) is 5.16 Å². The van der Waals surface area contributed by atoms with E-state index in [1.165, 1.54) is 6.92 Å². The van der Waals surface area contributed by atoms with Gasteiger partial charge in [-0.25, -0.2) is 4.98 Å². The highest BCUT2D eigenvalue weighted by atomic mass is 19.4. The number of likely N-dealkylation sites (tertiary alicyclic amines) is 2. The number of amides is 2. The minimum atomic E-state index is -4.57. The molecule has 2 fully saturated rings. The third kappa shape index (κ3) is 3.63. The van der Waals surface area contributed by atoms with E-state index in [0.717, 1.165) is 12.5 Å². The van der Waals surface area contributed by atoms with Crippen LogP contribution >= 0.6 is 0 Å². The molecule has 7 nitrogen and oxygen atoms in total. The van der Waals surface area contributed by atoms with E-state index in [9.17, 15) is 22.8 Å². The second-order valence-electron chi connectivity index (χ2n) is 8.03. The zero-order valence-corrected chi connectivity index (χ0v) is 16.8. The molecule has 2 aromatic heterocycles. The van der Waals surface area contributed by atoms with Crippen molar-refractivity contribution in [3.8, 4) is 0 Å². The molecule has 2 aromatic rings. The monoisotopic (exact) mass is 424 g/mol. The topological polar surface area (TPSA) is 79.5 Å². The fourth-order valence-electron chi connectivity index (χ4n) is 4.44. The molecule has 4 heterocycles. The van der Waals surface area contributed by atoms with Crippen LogP contribution in [0.25, 0.3) is 11.1 Å². The number of nitrogens with zero attached hydrogens (tertiary/aromatic N) is 4. The second-order valence-corrected chi connectivity index (χ2v) is 8.03. The number of fused-ring (bicyclic) bond motifs is 1. The fourth-order valence-corrected chi connectivity index (χ4v) is 4.44. The van der Waals surface area contributed by atoms with Crippen molar-refractivity contribution in [2.45, 2.75) is 57.7 Å². The number of halogens is 3. The first-order valence-corrected chi connectivity index (χ1v) is 10.1. The van der Waals surface area contributed by atoms with Crippen LogP contribution in [0.2, 0.25) is 0 Å². The Labute approximate surface area is 171 Å². The lowest BCUT2D eigenvalue weighted by molar-refractivity contribution is -0.143. The lowest BCUT2D eigenvalue weighted by Gasteiger charge is -2.36. The molecule has 10 heteroatoms. The molecule has 2 unspecified atom stereocenters. The molecule has 0 N–H and O–H groups in total. The molecule has 0 aromatic carbocycles. The number of pyridine rings is 1. The molecule has 30 heavy (non-hydrogen) atoms. The summed E-state index contributed by atoms with van der Waals surface area (Å²) in [6, 6.07) is 0.482. The van der Waals surface area contributed by atoms with Gasteiger partial charge < -0.3 is 14.3 Å². The van der Waals surface area contributed by atoms with Crippen molar-refractivity contribution in [2.75, 3.05) is 19.6 Å². The molecular weight excluding hydrogens is 401 g/mol. The van der Waals surface area contributed by atoms with E-state index < -0.39 is 17.8 Å². The maximum Gasteiger partial charge on any atom is 0.417 e. The standard InChI is InChI=1S/C20H23F3N4O3/c1-11-17-14(20(21,22)23)9-15(24-18(17)30-25-11)13-5-3-7-26(10-13)19(29)12(2)27-8-4-6-16(27)28/h9,12-13H,3-8,10H2,1-2H3. The van der Waals surface area contributed by atoms with Crippen molar-refractivity contribution in [3.63, 3.8) is 0 Å². The minimum Gasteiger partial charge on any atom is -0.340 e. The summed E-state index contributed by atoms with van der Waals surface area (Å²) in [5.41, 5.74) is -0.577. The molecule has 162 valence electrons. The van der Waals surface area contributed by atoms with Gasteiger partial charge >= 0.3 is 6.18 Å². The molecule has 2 amide bonds. The maximum absolute atomic E-state index is 13.6. The minimum absolute atomic E-state index is 0.0352. The van der Waals surface area contributed by atoms with E-state index in [1.807, 2.05) is 0 Å². The number of aryl methyl sites for hydroxylation is 1. The third-order valence-electron chi connectivity index (χ3n) is 6.03. The Morgan fingerprint density at radius 1 is 1.30 bits per heavy atom. The van der Waals surface area contributed by atoms with E-state index in [4.69, 9.17) is 4.52 Å². The summed E-state index contributed by atoms with van der Waals surface area (Å²) in [5.74, 6) is -0.560. The van der Waals surface area contributed by atoms with Gasteiger partial charge in [0.15, 0.2) is 0 Å². The smallest absolute Gasteiger partial charge is 0.340 e. The number of hydrogen-bond acceptors (Lipinski definition) is 5.